The van der Waals surface area contributed by atoms with Crippen molar-refractivity contribution < 1.29 is 19.1 Å². The van der Waals surface area contributed by atoms with Crippen LogP contribution in [0, 0.1) is 5.92 Å². The van der Waals surface area contributed by atoms with E-state index in [2.05, 4.69) is 11.9 Å². The first-order valence-electron chi connectivity index (χ1n) is 10.6. The number of hydrogen-bond acceptors (Lipinski definition) is 5. The van der Waals surface area contributed by atoms with E-state index in [1.54, 1.807) is 41.3 Å². The number of amides is 3. The minimum Gasteiger partial charge on any atom is -0.442 e. The molecule has 0 radical (unpaired) electrons. The van der Waals surface area contributed by atoms with Gasteiger partial charge in [-0.25, -0.2) is 4.79 Å². The van der Waals surface area contributed by atoms with Crippen LogP contribution in [0.4, 0.5) is 16.2 Å². The topological polar surface area (TPSA) is 79.0 Å². The molecule has 1 N–H and O–H groups in total. The van der Waals surface area contributed by atoms with Crippen molar-refractivity contribution in [3.8, 4) is 0 Å². The van der Waals surface area contributed by atoms with Crippen molar-refractivity contribution in [3.05, 3.63) is 57.2 Å². The summed E-state index contributed by atoms with van der Waals surface area (Å²) in [6.45, 7) is 4.79. The third kappa shape index (κ3) is 5.18. The Bertz CT molecular complexity index is 1090. The van der Waals surface area contributed by atoms with Crippen LogP contribution in [0.25, 0.3) is 0 Å². The van der Waals surface area contributed by atoms with E-state index in [1.165, 1.54) is 16.2 Å². The second kappa shape index (κ2) is 10.2. The Balaban J connectivity index is 1.40. The molecule has 0 spiro atoms. The fourth-order valence-corrected chi connectivity index (χ4v) is 5.30. The van der Waals surface area contributed by atoms with E-state index in [0.29, 0.717) is 38.6 Å². The van der Waals surface area contributed by atoms with E-state index in [0.717, 1.165) is 12.8 Å². The molecule has 1 aromatic heterocycles. The second-order valence-corrected chi connectivity index (χ2v) is 10.0. The van der Waals surface area contributed by atoms with Crippen LogP contribution in [0.3, 0.4) is 0 Å². The van der Waals surface area contributed by atoms with E-state index in [9.17, 15) is 14.4 Å². The lowest BCUT2D eigenvalue weighted by Gasteiger charge is -2.32. The summed E-state index contributed by atoms with van der Waals surface area (Å²) >= 11 is 13.6. The number of carbonyl (C=O) groups excluding carboxylic acids is 3. The van der Waals surface area contributed by atoms with Gasteiger partial charge in [-0.05, 0) is 49.6 Å². The van der Waals surface area contributed by atoms with Crippen LogP contribution in [-0.2, 0) is 9.53 Å². The molecule has 0 aliphatic carbocycles. The number of piperidine rings is 1. The molecule has 2 aliphatic heterocycles. The van der Waals surface area contributed by atoms with Crippen LogP contribution in [0.15, 0.2) is 43.0 Å². The molecule has 1 aromatic carbocycles. The Morgan fingerprint density at radius 3 is 2.76 bits per heavy atom. The van der Waals surface area contributed by atoms with Crippen LogP contribution < -0.4 is 15.1 Å². The fraction of sp³-hybridized carbons (Fsp3) is 0.348. The summed E-state index contributed by atoms with van der Waals surface area (Å²) < 4.78 is 5.93. The van der Waals surface area contributed by atoms with Gasteiger partial charge in [-0.15, -0.1) is 17.9 Å². The van der Waals surface area contributed by atoms with Gasteiger partial charge in [-0.2, -0.15) is 0 Å². The zero-order valence-corrected chi connectivity index (χ0v) is 20.1. The molecule has 2 atom stereocenters. The maximum atomic E-state index is 12.8. The molecule has 0 bridgehead atoms. The normalized spacial score (nSPS) is 20.7. The van der Waals surface area contributed by atoms with Crippen molar-refractivity contribution >= 4 is 63.8 Å². The summed E-state index contributed by atoms with van der Waals surface area (Å²) in [6.07, 6.45) is 3.13. The number of benzene rings is 1. The van der Waals surface area contributed by atoms with Crippen molar-refractivity contribution in [3.63, 3.8) is 0 Å². The minimum atomic E-state index is -0.516. The van der Waals surface area contributed by atoms with E-state index in [-0.39, 0.29) is 30.8 Å². The van der Waals surface area contributed by atoms with Crippen molar-refractivity contribution in [1.82, 2.24) is 5.32 Å². The summed E-state index contributed by atoms with van der Waals surface area (Å²) in [6, 6.07) is 8.47. The fourth-order valence-electron chi connectivity index (χ4n) is 4.06. The number of rotatable bonds is 7. The summed E-state index contributed by atoms with van der Waals surface area (Å²) in [5, 5.41) is 3.15. The number of ether oxygens (including phenoxy) is 1. The number of thiophene rings is 1. The van der Waals surface area contributed by atoms with Gasteiger partial charge in [0, 0.05) is 18.2 Å². The molecule has 2 aromatic rings. The molecule has 3 amide bonds. The number of cyclic esters (lactones) is 1. The van der Waals surface area contributed by atoms with Gasteiger partial charge in [0.1, 0.15) is 6.10 Å². The Morgan fingerprint density at radius 2 is 2.06 bits per heavy atom. The monoisotopic (exact) mass is 507 g/mol. The smallest absolute Gasteiger partial charge is 0.414 e. The molecule has 4 rings (SSSR count). The highest BCUT2D eigenvalue weighted by Crippen LogP contribution is 2.35. The standard InChI is InChI=1S/C23H23Cl2N3O4S/c1-2-4-14-5-3-10-27(22(14)30)18-7-6-15(11-17(18)24)28-13-16(32-23(28)31)12-26-21(29)19-8-9-20(25)33-19/h2,6-9,11,14,16H,1,3-5,10,12-13H2,(H,26,29). The maximum absolute atomic E-state index is 12.8. The van der Waals surface area contributed by atoms with Crippen LogP contribution in [0.2, 0.25) is 9.36 Å². The molecule has 3 heterocycles. The first kappa shape index (κ1) is 23.6. The SMILES string of the molecule is C=CCC1CCCN(c2ccc(N3CC(CNC(=O)c4ccc(Cl)s4)OC3=O)cc2Cl)C1=O. The lowest BCUT2D eigenvalue weighted by atomic mass is 9.93. The van der Waals surface area contributed by atoms with E-state index in [4.69, 9.17) is 27.9 Å². The molecule has 10 heteroatoms. The molecule has 2 unspecified atom stereocenters. The minimum absolute atomic E-state index is 0.0409. The highest BCUT2D eigenvalue weighted by atomic mass is 35.5. The third-order valence-corrected chi connectivity index (χ3v) is 7.23. The van der Waals surface area contributed by atoms with Gasteiger partial charge >= 0.3 is 6.09 Å². The zero-order valence-electron chi connectivity index (χ0n) is 17.8. The molecule has 33 heavy (non-hydrogen) atoms. The first-order valence-corrected chi connectivity index (χ1v) is 12.2. The van der Waals surface area contributed by atoms with Gasteiger partial charge < -0.3 is 15.0 Å². The van der Waals surface area contributed by atoms with Crippen LogP contribution >= 0.6 is 34.5 Å². The summed E-state index contributed by atoms with van der Waals surface area (Å²) in [5.41, 5.74) is 1.20. The van der Waals surface area contributed by atoms with Gasteiger partial charge in [-0.1, -0.05) is 29.3 Å². The second-order valence-electron chi connectivity index (χ2n) is 7.92. The zero-order chi connectivity index (χ0) is 23.5. The average Bonchev–Trinajstić information content (AvgIpc) is 3.39. The summed E-state index contributed by atoms with van der Waals surface area (Å²) in [7, 11) is 0. The van der Waals surface area contributed by atoms with Crippen LogP contribution in [0.5, 0.6) is 0 Å². The number of carbonyl (C=O) groups is 3. The van der Waals surface area contributed by atoms with Crippen molar-refractivity contribution in [1.29, 1.82) is 0 Å². The third-order valence-electron chi connectivity index (χ3n) is 5.70. The number of halogens is 2. The molecular weight excluding hydrogens is 485 g/mol. The van der Waals surface area contributed by atoms with Crippen LogP contribution in [0.1, 0.15) is 28.9 Å². The van der Waals surface area contributed by atoms with Gasteiger partial charge in [0.05, 0.1) is 33.0 Å². The van der Waals surface area contributed by atoms with Gasteiger partial charge in [0.25, 0.3) is 5.91 Å². The quantitative estimate of drug-likeness (QED) is 0.526. The molecule has 7 nitrogen and oxygen atoms in total. The highest BCUT2D eigenvalue weighted by molar-refractivity contribution is 7.18. The summed E-state index contributed by atoms with van der Waals surface area (Å²) in [5.74, 6) is -0.310. The Hall–Kier alpha value is -2.55. The molecule has 2 fully saturated rings. The van der Waals surface area contributed by atoms with Gasteiger partial charge in [-0.3, -0.25) is 14.5 Å². The van der Waals surface area contributed by atoms with Crippen LogP contribution in [-0.4, -0.2) is 43.6 Å². The number of nitrogens with one attached hydrogen (secondary N) is 1. The van der Waals surface area contributed by atoms with Gasteiger partial charge in [0.15, 0.2) is 0 Å². The molecule has 2 saturated heterocycles. The predicted octanol–water partition coefficient (Wildman–Crippen LogP) is 5.13. The lowest BCUT2D eigenvalue weighted by molar-refractivity contribution is -0.123. The number of anilines is 2. The Morgan fingerprint density at radius 1 is 1.24 bits per heavy atom. The van der Waals surface area contributed by atoms with Crippen molar-refractivity contribution in [2.24, 2.45) is 5.92 Å². The molecular formula is C23H23Cl2N3O4S. The largest absolute Gasteiger partial charge is 0.442 e. The highest BCUT2D eigenvalue weighted by Gasteiger charge is 2.34. The molecule has 0 saturated carbocycles. The number of hydrogen-bond donors (Lipinski definition) is 1. The Kier molecular flexibility index (Phi) is 7.26. The number of nitrogens with zero attached hydrogens (tertiary/aromatic N) is 2. The van der Waals surface area contributed by atoms with E-state index < -0.39 is 12.2 Å². The van der Waals surface area contributed by atoms with Crippen molar-refractivity contribution in [2.45, 2.75) is 25.4 Å². The molecule has 174 valence electrons. The number of allylic oxidation sites excluding steroid dienone is 1. The lowest BCUT2D eigenvalue weighted by Crippen LogP contribution is -2.41. The van der Waals surface area contributed by atoms with Gasteiger partial charge in [0.2, 0.25) is 5.91 Å². The van der Waals surface area contributed by atoms with E-state index in [1.807, 2.05) is 0 Å². The maximum Gasteiger partial charge on any atom is 0.414 e. The predicted molar refractivity (Wildman–Crippen MR) is 131 cm³/mol. The summed E-state index contributed by atoms with van der Waals surface area (Å²) in [4.78, 5) is 41.1. The van der Waals surface area contributed by atoms with Crippen molar-refractivity contribution in [2.75, 3.05) is 29.4 Å². The first-order chi connectivity index (χ1) is 15.9. The van der Waals surface area contributed by atoms with E-state index >= 15 is 0 Å². The Labute approximate surface area is 205 Å². The average molecular weight is 508 g/mol. The molecule has 2 aliphatic rings.